The molecule has 0 aromatic carbocycles. The molecule has 0 unspecified atom stereocenters. The van der Waals surface area contributed by atoms with Crippen LogP contribution in [0.15, 0.2) is 0 Å². The lowest BCUT2D eigenvalue weighted by Gasteiger charge is -2.20. The quantitative estimate of drug-likeness (QED) is 0.507. The molecular weight excluding hydrogens is 212 g/mol. The maximum atomic E-state index is 11.1. The van der Waals surface area contributed by atoms with Gasteiger partial charge in [0.15, 0.2) is 0 Å². The average Bonchev–Trinajstić information content (AvgIpc) is 2.60. The van der Waals surface area contributed by atoms with Gasteiger partial charge in [0.1, 0.15) is 5.78 Å². The number of carbonyl (C=O) groups excluding carboxylic acids is 1. The molecule has 1 heterocycles. The highest BCUT2D eigenvalue weighted by atomic mass is 33.1. The summed E-state index contributed by atoms with van der Waals surface area (Å²) in [7, 11) is 4.04. The Balaban J connectivity index is 2.06. The van der Waals surface area contributed by atoms with Crippen molar-refractivity contribution in [2.24, 2.45) is 0 Å². The van der Waals surface area contributed by atoms with Crippen LogP contribution in [0, 0.1) is 0 Å². The lowest BCUT2D eigenvalue weighted by Crippen LogP contribution is -2.15. The zero-order valence-corrected chi connectivity index (χ0v) is 10.8. The number of hydrogen-bond acceptors (Lipinski definition) is 3. The van der Waals surface area contributed by atoms with Crippen molar-refractivity contribution in [1.82, 2.24) is 0 Å². The van der Waals surface area contributed by atoms with Gasteiger partial charge in [-0.3, -0.25) is 4.79 Å². The Morgan fingerprint density at radius 3 is 2.79 bits per heavy atom. The molecule has 1 aliphatic rings. The average molecular weight is 232 g/mol. The van der Waals surface area contributed by atoms with E-state index in [-0.39, 0.29) is 0 Å². The summed E-state index contributed by atoms with van der Waals surface area (Å²) in [5.74, 6) is 1.72. The number of Topliss-reactive ketones (excluding diaryl/α,β-unsaturated/α-hetero) is 1. The Labute approximate surface area is 95.2 Å². The lowest BCUT2D eigenvalue weighted by atomic mass is 9.99. The molecule has 0 aliphatic carbocycles. The molecule has 82 valence electrons. The van der Waals surface area contributed by atoms with E-state index in [1.165, 1.54) is 25.0 Å². The van der Waals surface area contributed by atoms with E-state index in [0.717, 1.165) is 12.8 Å². The SMILES string of the molecule is CCC(=O)CCCC[C@]1(C)CCSS1. The minimum atomic E-state index is 0.420. The molecule has 1 nitrogen and oxygen atoms in total. The Kier molecular flexibility index (Phi) is 5.39. The van der Waals surface area contributed by atoms with Gasteiger partial charge in [0.2, 0.25) is 0 Å². The molecule has 0 amide bonds. The van der Waals surface area contributed by atoms with Crippen molar-refractivity contribution in [3.05, 3.63) is 0 Å². The van der Waals surface area contributed by atoms with Gasteiger partial charge in [-0.1, -0.05) is 34.9 Å². The van der Waals surface area contributed by atoms with Crippen molar-refractivity contribution in [2.75, 3.05) is 5.75 Å². The third-order valence-corrected chi connectivity index (χ3v) is 6.14. The van der Waals surface area contributed by atoms with Crippen LogP contribution in [-0.2, 0) is 4.79 Å². The van der Waals surface area contributed by atoms with Crippen LogP contribution in [-0.4, -0.2) is 16.3 Å². The third kappa shape index (κ3) is 4.26. The molecule has 0 N–H and O–H groups in total. The zero-order valence-electron chi connectivity index (χ0n) is 9.17. The first-order valence-electron chi connectivity index (χ1n) is 5.48. The molecule has 1 aliphatic heterocycles. The predicted octanol–water partition coefficient (Wildman–Crippen LogP) is 4.07. The van der Waals surface area contributed by atoms with Crippen LogP contribution in [0.4, 0.5) is 0 Å². The summed E-state index contributed by atoms with van der Waals surface area (Å²) in [4.78, 5) is 11.1. The van der Waals surface area contributed by atoms with Crippen LogP contribution in [0.25, 0.3) is 0 Å². The number of unbranched alkanes of at least 4 members (excludes halogenated alkanes) is 1. The van der Waals surface area contributed by atoms with Crippen LogP contribution in [0.2, 0.25) is 0 Å². The summed E-state index contributed by atoms with van der Waals surface area (Å²) in [6, 6.07) is 0. The monoisotopic (exact) mass is 232 g/mol. The van der Waals surface area contributed by atoms with Crippen LogP contribution in [0.1, 0.15) is 52.4 Å². The van der Waals surface area contributed by atoms with Gasteiger partial charge in [-0.25, -0.2) is 0 Å². The molecule has 1 saturated heterocycles. The second-order valence-corrected chi connectivity index (χ2v) is 7.21. The number of carbonyl (C=O) groups is 1. The molecule has 0 aromatic heterocycles. The minimum Gasteiger partial charge on any atom is -0.300 e. The largest absolute Gasteiger partial charge is 0.300 e. The zero-order chi connectivity index (χ0) is 10.4. The van der Waals surface area contributed by atoms with Gasteiger partial charge >= 0.3 is 0 Å². The Morgan fingerprint density at radius 1 is 1.43 bits per heavy atom. The summed E-state index contributed by atoms with van der Waals surface area (Å²) < 4.78 is 0.500. The first-order valence-corrected chi connectivity index (χ1v) is 7.80. The summed E-state index contributed by atoms with van der Waals surface area (Å²) in [5, 5.41) is 0. The highest BCUT2D eigenvalue weighted by Gasteiger charge is 2.29. The molecule has 0 radical (unpaired) electrons. The maximum Gasteiger partial charge on any atom is 0.132 e. The Bertz CT molecular complexity index is 186. The Hall–Kier alpha value is 0.370. The molecule has 1 atom stereocenters. The maximum absolute atomic E-state index is 11.1. The lowest BCUT2D eigenvalue weighted by molar-refractivity contribution is -0.118. The van der Waals surface area contributed by atoms with Crippen molar-refractivity contribution in [1.29, 1.82) is 0 Å². The van der Waals surface area contributed by atoms with E-state index in [4.69, 9.17) is 0 Å². The number of hydrogen-bond donors (Lipinski definition) is 0. The van der Waals surface area contributed by atoms with E-state index >= 15 is 0 Å². The fraction of sp³-hybridized carbons (Fsp3) is 0.909. The molecule has 0 saturated carbocycles. The van der Waals surface area contributed by atoms with Crippen LogP contribution >= 0.6 is 21.6 Å². The summed E-state index contributed by atoms with van der Waals surface area (Å²) in [6.07, 6.45) is 6.43. The van der Waals surface area contributed by atoms with Crippen molar-refractivity contribution in [3.8, 4) is 0 Å². The molecule has 3 heteroatoms. The van der Waals surface area contributed by atoms with Crippen molar-refractivity contribution in [2.45, 2.75) is 57.1 Å². The van der Waals surface area contributed by atoms with Crippen molar-refractivity contribution in [3.63, 3.8) is 0 Å². The topological polar surface area (TPSA) is 17.1 Å². The first kappa shape index (κ1) is 12.4. The van der Waals surface area contributed by atoms with Crippen LogP contribution < -0.4 is 0 Å². The van der Waals surface area contributed by atoms with Gasteiger partial charge in [-0.05, 0) is 26.2 Å². The molecule has 0 spiro atoms. The highest BCUT2D eigenvalue weighted by Crippen LogP contribution is 2.49. The van der Waals surface area contributed by atoms with E-state index in [9.17, 15) is 4.79 Å². The number of ketones is 1. The fourth-order valence-corrected chi connectivity index (χ4v) is 4.95. The van der Waals surface area contributed by atoms with Gasteiger partial charge in [0, 0.05) is 23.3 Å². The van der Waals surface area contributed by atoms with E-state index in [2.05, 4.69) is 6.92 Å². The number of rotatable bonds is 6. The van der Waals surface area contributed by atoms with E-state index in [0.29, 0.717) is 17.0 Å². The Morgan fingerprint density at radius 2 is 2.21 bits per heavy atom. The second-order valence-electron chi connectivity index (χ2n) is 4.20. The molecular formula is C11H20OS2. The van der Waals surface area contributed by atoms with E-state index in [1.54, 1.807) is 0 Å². The van der Waals surface area contributed by atoms with Gasteiger partial charge in [-0.15, -0.1) is 0 Å². The van der Waals surface area contributed by atoms with Crippen molar-refractivity contribution >= 4 is 27.4 Å². The normalized spacial score (nSPS) is 26.7. The minimum absolute atomic E-state index is 0.420. The summed E-state index contributed by atoms with van der Waals surface area (Å²) in [5.41, 5.74) is 0. The van der Waals surface area contributed by atoms with Crippen LogP contribution in [0.5, 0.6) is 0 Å². The van der Waals surface area contributed by atoms with Crippen LogP contribution in [0.3, 0.4) is 0 Å². The molecule has 0 aromatic rings. The van der Waals surface area contributed by atoms with Gasteiger partial charge in [0.05, 0.1) is 0 Å². The molecule has 0 bridgehead atoms. The molecule has 14 heavy (non-hydrogen) atoms. The predicted molar refractivity (Wildman–Crippen MR) is 66.8 cm³/mol. The first-order chi connectivity index (χ1) is 6.66. The second kappa shape index (κ2) is 6.06. The van der Waals surface area contributed by atoms with E-state index < -0.39 is 0 Å². The molecule has 1 rings (SSSR count). The van der Waals surface area contributed by atoms with Gasteiger partial charge in [-0.2, -0.15) is 0 Å². The smallest absolute Gasteiger partial charge is 0.132 e. The van der Waals surface area contributed by atoms with Crippen molar-refractivity contribution < 1.29 is 4.79 Å². The summed E-state index contributed by atoms with van der Waals surface area (Å²) >= 11 is 0. The van der Waals surface area contributed by atoms with E-state index in [1.807, 2.05) is 28.5 Å². The fourth-order valence-electron chi connectivity index (χ4n) is 1.65. The molecule has 1 fully saturated rings. The third-order valence-electron chi connectivity index (χ3n) is 2.78. The van der Waals surface area contributed by atoms with Gasteiger partial charge in [0.25, 0.3) is 0 Å². The van der Waals surface area contributed by atoms with Gasteiger partial charge < -0.3 is 0 Å². The summed E-state index contributed by atoms with van der Waals surface area (Å²) in [6.45, 7) is 4.31. The highest BCUT2D eigenvalue weighted by molar-refractivity contribution is 8.77. The standard InChI is InChI=1S/C11H20OS2/c1-3-10(12)6-4-5-7-11(2)8-9-13-14-11/h3-9H2,1-2H3/t11-/m1/s1.